The second-order valence-corrected chi connectivity index (χ2v) is 5.04. The average Bonchev–Trinajstić information content (AvgIpc) is 2.39. The van der Waals surface area contributed by atoms with Crippen molar-refractivity contribution in [2.24, 2.45) is 5.41 Å². The van der Waals surface area contributed by atoms with Crippen molar-refractivity contribution >= 4 is 5.97 Å². The molecule has 0 aromatic carbocycles. The largest absolute Gasteiger partial charge is 0.468 e. The van der Waals surface area contributed by atoms with Gasteiger partial charge in [0, 0.05) is 13.2 Å². The van der Waals surface area contributed by atoms with Gasteiger partial charge in [-0.3, -0.25) is 4.79 Å². The van der Waals surface area contributed by atoms with Crippen molar-refractivity contribution in [2.75, 3.05) is 33.4 Å². The molecule has 17 heavy (non-hydrogen) atoms. The van der Waals surface area contributed by atoms with Crippen molar-refractivity contribution in [1.29, 1.82) is 0 Å². The van der Waals surface area contributed by atoms with E-state index in [1.54, 1.807) is 0 Å². The summed E-state index contributed by atoms with van der Waals surface area (Å²) in [5.41, 5.74) is -1.94. The minimum atomic E-state index is -1.09. The first kappa shape index (κ1) is 12.8. The standard InChI is InChI=1S/C12H21NO4/c1-16-10(14)11(4-2-6-13-8-11)12(15)5-3-7-17-9-12/h13,15H,2-9H2,1H3. The summed E-state index contributed by atoms with van der Waals surface area (Å²) in [4.78, 5) is 12.1. The van der Waals surface area contributed by atoms with Gasteiger partial charge >= 0.3 is 5.97 Å². The summed E-state index contributed by atoms with van der Waals surface area (Å²) >= 11 is 0. The predicted molar refractivity (Wildman–Crippen MR) is 61.6 cm³/mol. The monoisotopic (exact) mass is 243 g/mol. The first-order valence-electron chi connectivity index (χ1n) is 6.24. The van der Waals surface area contributed by atoms with Crippen LogP contribution >= 0.6 is 0 Å². The second kappa shape index (κ2) is 4.92. The normalized spacial score (nSPS) is 38.7. The molecule has 0 amide bonds. The van der Waals surface area contributed by atoms with Gasteiger partial charge in [0.15, 0.2) is 0 Å². The Balaban J connectivity index is 2.27. The highest BCUT2D eigenvalue weighted by Gasteiger charge is 2.57. The number of piperidine rings is 1. The molecule has 2 N–H and O–H groups in total. The van der Waals surface area contributed by atoms with Crippen molar-refractivity contribution in [3.8, 4) is 0 Å². The zero-order valence-corrected chi connectivity index (χ0v) is 10.3. The first-order valence-corrected chi connectivity index (χ1v) is 6.24. The number of esters is 1. The van der Waals surface area contributed by atoms with E-state index in [0.717, 1.165) is 19.4 Å². The van der Waals surface area contributed by atoms with Crippen molar-refractivity contribution < 1.29 is 19.4 Å². The zero-order chi connectivity index (χ0) is 12.4. The fourth-order valence-corrected chi connectivity index (χ4v) is 3.02. The van der Waals surface area contributed by atoms with Crippen LogP contribution < -0.4 is 5.32 Å². The molecule has 2 saturated heterocycles. The second-order valence-electron chi connectivity index (χ2n) is 5.04. The predicted octanol–water partition coefficient (Wildman–Crippen LogP) is 0.0707. The summed E-state index contributed by atoms with van der Waals surface area (Å²) in [6, 6.07) is 0. The number of aliphatic hydroxyl groups is 1. The Hall–Kier alpha value is -0.650. The van der Waals surface area contributed by atoms with E-state index in [-0.39, 0.29) is 12.6 Å². The molecular weight excluding hydrogens is 222 g/mol. The van der Waals surface area contributed by atoms with Gasteiger partial charge in [-0.15, -0.1) is 0 Å². The maximum Gasteiger partial charge on any atom is 0.316 e. The Labute approximate surface area is 101 Å². The van der Waals surface area contributed by atoms with Crippen LogP contribution in [0.2, 0.25) is 0 Å². The highest BCUT2D eigenvalue weighted by atomic mass is 16.5. The van der Waals surface area contributed by atoms with Gasteiger partial charge in [0.1, 0.15) is 11.0 Å². The van der Waals surface area contributed by atoms with Gasteiger partial charge in [0.2, 0.25) is 0 Å². The molecule has 0 aliphatic carbocycles. The molecule has 0 radical (unpaired) electrons. The number of hydrogen-bond acceptors (Lipinski definition) is 5. The molecule has 0 aromatic rings. The maximum absolute atomic E-state index is 12.1. The van der Waals surface area contributed by atoms with Crippen molar-refractivity contribution in [3.05, 3.63) is 0 Å². The van der Waals surface area contributed by atoms with Gasteiger partial charge in [-0.25, -0.2) is 0 Å². The number of carbonyl (C=O) groups is 1. The molecule has 0 saturated carbocycles. The number of nitrogens with one attached hydrogen (secondary N) is 1. The Morgan fingerprint density at radius 1 is 1.41 bits per heavy atom. The average molecular weight is 243 g/mol. The Morgan fingerprint density at radius 3 is 2.76 bits per heavy atom. The van der Waals surface area contributed by atoms with E-state index < -0.39 is 11.0 Å². The van der Waals surface area contributed by atoms with Crippen LogP contribution in [0.3, 0.4) is 0 Å². The Bertz CT molecular complexity index is 280. The molecule has 5 nitrogen and oxygen atoms in total. The third-order valence-corrected chi connectivity index (χ3v) is 4.07. The van der Waals surface area contributed by atoms with Crippen LogP contribution in [0, 0.1) is 5.41 Å². The van der Waals surface area contributed by atoms with E-state index in [2.05, 4.69) is 5.32 Å². The molecule has 0 spiro atoms. The van der Waals surface area contributed by atoms with Crippen LogP contribution in [-0.2, 0) is 14.3 Å². The lowest BCUT2D eigenvalue weighted by atomic mass is 9.65. The van der Waals surface area contributed by atoms with E-state index >= 15 is 0 Å². The van der Waals surface area contributed by atoms with Crippen LogP contribution in [0.4, 0.5) is 0 Å². The summed E-state index contributed by atoms with van der Waals surface area (Å²) in [6.07, 6.45) is 2.92. The van der Waals surface area contributed by atoms with E-state index in [4.69, 9.17) is 9.47 Å². The number of ether oxygens (including phenoxy) is 2. The highest BCUT2D eigenvalue weighted by molar-refractivity contribution is 5.79. The molecule has 2 aliphatic rings. The maximum atomic E-state index is 12.1. The van der Waals surface area contributed by atoms with E-state index in [9.17, 15) is 9.90 Å². The van der Waals surface area contributed by atoms with Crippen LogP contribution in [0.1, 0.15) is 25.7 Å². The van der Waals surface area contributed by atoms with Gasteiger partial charge in [-0.2, -0.15) is 0 Å². The highest BCUT2D eigenvalue weighted by Crippen LogP contribution is 2.43. The Morgan fingerprint density at radius 2 is 2.24 bits per heavy atom. The van der Waals surface area contributed by atoms with E-state index in [0.29, 0.717) is 26.0 Å². The van der Waals surface area contributed by atoms with Crippen molar-refractivity contribution in [3.63, 3.8) is 0 Å². The molecular formula is C12H21NO4. The van der Waals surface area contributed by atoms with Gasteiger partial charge < -0.3 is 19.9 Å². The fourth-order valence-electron chi connectivity index (χ4n) is 3.02. The van der Waals surface area contributed by atoms with Crippen LogP contribution in [0.25, 0.3) is 0 Å². The molecule has 2 atom stereocenters. The molecule has 2 unspecified atom stereocenters. The topological polar surface area (TPSA) is 67.8 Å². The summed E-state index contributed by atoms with van der Waals surface area (Å²) in [7, 11) is 1.38. The van der Waals surface area contributed by atoms with Crippen molar-refractivity contribution in [2.45, 2.75) is 31.3 Å². The summed E-state index contributed by atoms with van der Waals surface area (Å²) < 4.78 is 10.3. The third-order valence-electron chi connectivity index (χ3n) is 4.07. The molecule has 2 rings (SSSR count). The SMILES string of the molecule is COC(=O)C1(C2(O)CCCOC2)CCCNC1. The Kier molecular flexibility index (Phi) is 3.70. The number of carbonyl (C=O) groups excluding carboxylic acids is 1. The lowest BCUT2D eigenvalue weighted by molar-refractivity contribution is -0.197. The van der Waals surface area contributed by atoms with Gasteiger partial charge in [-0.05, 0) is 32.2 Å². The summed E-state index contributed by atoms with van der Waals surface area (Å²) in [5, 5.41) is 14.0. The van der Waals surface area contributed by atoms with Crippen LogP contribution in [0.15, 0.2) is 0 Å². The molecule has 2 fully saturated rings. The molecule has 2 heterocycles. The quantitative estimate of drug-likeness (QED) is 0.672. The molecule has 5 heteroatoms. The van der Waals surface area contributed by atoms with E-state index in [1.165, 1.54) is 7.11 Å². The van der Waals surface area contributed by atoms with Crippen molar-refractivity contribution in [1.82, 2.24) is 5.32 Å². The molecule has 0 aromatic heterocycles. The number of methoxy groups -OCH3 is 1. The smallest absolute Gasteiger partial charge is 0.316 e. The lowest BCUT2D eigenvalue weighted by Crippen LogP contribution is -2.63. The first-order chi connectivity index (χ1) is 8.15. The third kappa shape index (κ3) is 2.07. The number of rotatable bonds is 2. The zero-order valence-electron chi connectivity index (χ0n) is 10.3. The van der Waals surface area contributed by atoms with Gasteiger partial charge in [0.25, 0.3) is 0 Å². The van der Waals surface area contributed by atoms with Gasteiger partial charge in [0.05, 0.1) is 13.7 Å². The molecule has 0 bridgehead atoms. The summed E-state index contributed by atoms with van der Waals surface area (Å²) in [6.45, 7) is 2.24. The van der Waals surface area contributed by atoms with Crippen LogP contribution in [0.5, 0.6) is 0 Å². The molecule has 98 valence electrons. The van der Waals surface area contributed by atoms with Crippen LogP contribution in [-0.4, -0.2) is 50.1 Å². The fraction of sp³-hybridized carbons (Fsp3) is 0.917. The minimum Gasteiger partial charge on any atom is -0.468 e. The van der Waals surface area contributed by atoms with Gasteiger partial charge in [-0.1, -0.05) is 0 Å². The molecule has 2 aliphatic heterocycles. The lowest BCUT2D eigenvalue weighted by Gasteiger charge is -2.48. The minimum absolute atomic E-state index is 0.226. The van der Waals surface area contributed by atoms with E-state index in [1.807, 2.05) is 0 Å². The summed E-state index contributed by atoms with van der Waals surface area (Å²) in [5.74, 6) is -0.322. The number of hydrogen-bond donors (Lipinski definition) is 2.